The Balaban J connectivity index is 2.12. The second-order valence-corrected chi connectivity index (χ2v) is 5.33. The van der Waals surface area contributed by atoms with E-state index in [0.717, 1.165) is 28.9 Å². The zero-order valence-corrected chi connectivity index (χ0v) is 12.8. The van der Waals surface area contributed by atoms with Gasteiger partial charge >= 0.3 is 6.03 Å². The van der Waals surface area contributed by atoms with Crippen molar-refractivity contribution in [3.05, 3.63) is 59.7 Å². The van der Waals surface area contributed by atoms with Crippen LogP contribution in [-0.2, 0) is 6.42 Å². The molecular weight excluding hydrogens is 260 g/mol. The van der Waals surface area contributed by atoms with E-state index in [-0.39, 0.29) is 6.03 Å². The standard InChI is InChI=1S/C18H22N2O/c1-4-14-9-5-7-11-16(14)19-18(21)20-17-12-8-6-10-15(17)13(2)3/h5-13H,4H2,1-3H3,(H2,19,20,21). The Morgan fingerprint density at radius 3 is 2.19 bits per heavy atom. The van der Waals surface area contributed by atoms with Gasteiger partial charge in [0.1, 0.15) is 0 Å². The van der Waals surface area contributed by atoms with Crippen LogP contribution in [0.25, 0.3) is 0 Å². The molecule has 3 nitrogen and oxygen atoms in total. The van der Waals surface area contributed by atoms with Crippen LogP contribution in [-0.4, -0.2) is 6.03 Å². The van der Waals surface area contributed by atoms with Gasteiger partial charge in [0, 0.05) is 11.4 Å². The fraction of sp³-hybridized carbons (Fsp3) is 0.278. The zero-order chi connectivity index (χ0) is 15.2. The molecule has 0 aliphatic heterocycles. The Morgan fingerprint density at radius 1 is 0.952 bits per heavy atom. The van der Waals surface area contributed by atoms with Gasteiger partial charge in [0.15, 0.2) is 0 Å². The summed E-state index contributed by atoms with van der Waals surface area (Å²) in [4.78, 5) is 12.2. The molecule has 0 fully saturated rings. The number of carbonyl (C=O) groups is 1. The van der Waals surface area contributed by atoms with Gasteiger partial charge in [-0.1, -0.05) is 57.2 Å². The molecule has 2 aromatic rings. The minimum absolute atomic E-state index is 0.205. The molecule has 3 heteroatoms. The molecule has 0 aliphatic rings. The summed E-state index contributed by atoms with van der Waals surface area (Å²) < 4.78 is 0. The van der Waals surface area contributed by atoms with Crippen LogP contribution in [0.2, 0.25) is 0 Å². The smallest absolute Gasteiger partial charge is 0.307 e. The molecule has 0 bridgehead atoms. The fourth-order valence-electron chi connectivity index (χ4n) is 2.34. The third-order valence-electron chi connectivity index (χ3n) is 3.48. The number of hydrogen-bond donors (Lipinski definition) is 2. The SMILES string of the molecule is CCc1ccccc1NC(=O)Nc1ccccc1C(C)C. The van der Waals surface area contributed by atoms with Crippen LogP contribution < -0.4 is 10.6 Å². The largest absolute Gasteiger partial charge is 0.323 e. The van der Waals surface area contributed by atoms with E-state index in [1.807, 2.05) is 48.5 Å². The van der Waals surface area contributed by atoms with Gasteiger partial charge in [-0.25, -0.2) is 4.79 Å². The minimum atomic E-state index is -0.205. The number of anilines is 2. The highest BCUT2D eigenvalue weighted by Crippen LogP contribution is 2.24. The van der Waals surface area contributed by atoms with Crippen LogP contribution in [0.4, 0.5) is 16.2 Å². The summed E-state index contributed by atoms with van der Waals surface area (Å²) in [6.45, 7) is 6.31. The van der Waals surface area contributed by atoms with E-state index in [1.165, 1.54) is 0 Å². The monoisotopic (exact) mass is 282 g/mol. The predicted molar refractivity (Wildman–Crippen MR) is 89.0 cm³/mol. The first-order valence-electron chi connectivity index (χ1n) is 7.36. The average molecular weight is 282 g/mol. The summed E-state index contributed by atoms with van der Waals surface area (Å²) in [5.74, 6) is 0.365. The van der Waals surface area contributed by atoms with E-state index in [1.54, 1.807) is 0 Å². The summed E-state index contributed by atoms with van der Waals surface area (Å²) in [6.07, 6.45) is 0.888. The number of carbonyl (C=O) groups excluding carboxylic acids is 1. The summed E-state index contributed by atoms with van der Waals surface area (Å²) >= 11 is 0. The number of benzene rings is 2. The van der Waals surface area contributed by atoms with Crippen molar-refractivity contribution in [1.29, 1.82) is 0 Å². The summed E-state index contributed by atoms with van der Waals surface area (Å²) in [7, 11) is 0. The highest BCUT2D eigenvalue weighted by molar-refractivity contribution is 6.00. The molecule has 0 saturated carbocycles. The maximum absolute atomic E-state index is 12.2. The lowest BCUT2D eigenvalue weighted by molar-refractivity contribution is 0.262. The molecule has 0 aromatic heterocycles. The number of para-hydroxylation sites is 2. The van der Waals surface area contributed by atoms with Crippen LogP contribution in [0.1, 0.15) is 37.8 Å². The normalized spacial score (nSPS) is 10.5. The van der Waals surface area contributed by atoms with E-state index in [4.69, 9.17) is 0 Å². The third-order valence-corrected chi connectivity index (χ3v) is 3.48. The molecule has 21 heavy (non-hydrogen) atoms. The Hall–Kier alpha value is -2.29. The quantitative estimate of drug-likeness (QED) is 0.812. The number of amides is 2. The van der Waals surface area contributed by atoms with E-state index < -0.39 is 0 Å². The third kappa shape index (κ3) is 3.85. The molecule has 0 saturated heterocycles. The lowest BCUT2D eigenvalue weighted by Gasteiger charge is -2.15. The molecule has 0 aliphatic carbocycles. The molecule has 0 atom stereocenters. The van der Waals surface area contributed by atoms with E-state index in [0.29, 0.717) is 5.92 Å². The first-order valence-corrected chi connectivity index (χ1v) is 7.36. The number of urea groups is 1. The predicted octanol–water partition coefficient (Wildman–Crippen LogP) is 5.02. The van der Waals surface area contributed by atoms with Gasteiger partial charge in [0.2, 0.25) is 0 Å². The van der Waals surface area contributed by atoms with Crippen molar-refractivity contribution >= 4 is 17.4 Å². The van der Waals surface area contributed by atoms with Crippen molar-refractivity contribution in [3.63, 3.8) is 0 Å². The average Bonchev–Trinajstić information content (AvgIpc) is 2.48. The topological polar surface area (TPSA) is 41.1 Å². The molecule has 0 spiro atoms. The lowest BCUT2D eigenvalue weighted by Crippen LogP contribution is -2.21. The van der Waals surface area contributed by atoms with E-state index in [9.17, 15) is 4.79 Å². The molecule has 2 N–H and O–H groups in total. The van der Waals surface area contributed by atoms with Gasteiger partial charge in [-0.05, 0) is 35.6 Å². The number of hydrogen-bond acceptors (Lipinski definition) is 1. The first-order chi connectivity index (χ1) is 10.1. The van der Waals surface area contributed by atoms with Crippen molar-refractivity contribution in [2.75, 3.05) is 10.6 Å². The van der Waals surface area contributed by atoms with Crippen molar-refractivity contribution in [1.82, 2.24) is 0 Å². The van der Waals surface area contributed by atoms with Gasteiger partial charge in [0.25, 0.3) is 0 Å². The minimum Gasteiger partial charge on any atom is -0.307 e. The van der Waals surface area contributed by atoms with Crippen LogP contribution in [0.15, 0.2) is 48.5 Å². The van der Waals surface area contributed by atoms with Crippen molar-refractivity contribution in [2.45, 2.75) is 33.1 Å². The molecule has 0 heterocycles. The Kier molecular flexibility index (Phi) is 4.99. The highest BCUT2D eigenvalue weighted by atomic mass is 16.2. The van der Waals surface area contributed by atoms with Gasteiger partial charge in [-0.2, -0.15) is 0 Å². The molecule has 0 unspecified atom stereocenters. The second kappa shape index (κ2) is 6.93. The van der Waals surface area contributed by atoms with Crippen LogP contribution in [0.5, 0.6) is 0 Å². The Morgan fingerprint density at radius 2 is 1.52 bits per heavy atom. The van der Waals surface area contributed by atoms with Crippen LogP contribution >= 0.6 is 0 Å². The number of nitrogens with one attached hydrogen (secondary N) is 2. The van der Waals surface area contributed by atoms with Crippen LogP contribution in [0, 0.1) is 0 Å². The lowest BCUT2D eigenvalue weighted by atomic mass is 10.0. The van der Waals surface area contributed by atoms with Gasteiger partial charge in [0.05, 0.1) is 0 Å². The van der Waals surface area contributed by atoms with Crippen molar-refractivity contribution in [3.8, 4) is 0 Å². The molecule has 2 aromatic carbocycles. The molecule has 2 rings (SSSR count). The summed E-state index contributed by atoms with van der Waals surface area (Å²) in [6, 6.07) is 15.5. The zero-order valence-electron chi connectivity index (χ0n) is 12.8. The van der Waals surface area contributed by atoms with Gasteiger partial charge in [-0.15, -0.1) is 0 Å². The Bertz CT molecular complexity index is 620. The van der Waals surface area contributed by atoms with E-state index >= 15 is 0 Å². The Labute approximate surface area is 126 Å². The highest BCUT2D eigenvalue weighted by Gasteiger charge is 2.10. The molecule has 110 valence electrons. The fourth-order valence-corrected chi connectivity index (χ4v) is 2.34. The second-order valence-electron chi connectivity index (χ2n) is 5.33. The summed E-state index contributed by atoms with van der Waals surface area (Å²) in [5.41, 5.74) is 3.99. The number of aryl methyl sites for hydroxylation is 1. The first kappa shape index (κ1) is 15.1. The van der Waals surface area contributed by atoms with Gasteiger partial charge in [-0.3, -0.25) is 0 Å². The number of rotatable bonds is 4. The van der Waals surface area contributed by atoms with E-state index in [2.05, 4.69) is 31.4 Å². The van der Waals surface area contributed by atoms with Crippen molar-refractivity contribution < 1.29 is 4.79 Å². The molecular formula is C18H22N2O. The molecule has 0 radical (unpaired) electrons. The maximum atomic E-state index is 12.2. The molecule has 2 amide bonds. The van der Waals surface area contributed by atoms with Crippen molar-refractivity contribution in [2.24, 2.45) is 0 Å². The van der Waals surface area contributed by atoms with Crippen LogP contribution in [0.3, 0.4) is 0 Å². The van der Waals surface area contributed by atoms with Gasteiger partial charge < -0.3 is 10.6 Å². The summed E-state index contributed by atoms with van der Waals surface area (Å²) in [5, 5.41) is 5.87. The maximum Gasteiger partial charge on any atom is 0.323 e.